The van der Waals surface area contributed by atoms with Crippen LogP contribution in [0.1, 0.15) is 23.2 Å². The van der Waals surface area contributed by atoms with E-state index >= 15 is 0 Å². The van der Waals surface area contributed by atoms with E-state index in [0.717, 1.165) is 43.2 Å². The van der Waals surface area contributed by atoms with Crippen molar-refractivity contribution in [2.24, 2.45) is 5.16 Å². The third kappa shape index (κ3) is 5.37. The molecule has 3 heterocycles. The maximum atomic E-state index is 13.3. The smallest absolute Gasteiger partial charge is 0.237 e. The van der Waals surface area contributed by atoms with E-state index in [1.807, 2.05) is 54.7 Å². The van der Waals surface area contributed by atoms with Gasteiger partial charge in [-0.1, -0.05) is 41.6 Å². The van der Waals surface area contributed by atoms with E-state index in [2.05, 4.69) is 47.8 Å². The minimum Gasteiger partial charge on any atom is -0.390 e. The minimum atomic E-state index is -0.531. The summed E-state index contributed by atoms with van der Waals surface area (Å²) in [5, 5.41) is 22.3. The van der Waals surface area contributed by atoms with Crippen LogP contribution in [0.15, 0.2) is 65.9 Å². The highest BCUT2D eigenvalue weighted by molar-refractivity contribution is 9.18. The number of nitrogens with zero attached hydrogens (tertiary/aromatic N) is 2. The number of H-pyrrole nitrogens is 1. The van der Waals surface area contributed by atoms with Crippen molar-refractivity contribution < 1.29 is 14.7 Å². The molecule has 2 unspecified atom stereocenters. The Kier molecular flexibility index (Phi) is 7.08. The Morgan fingerprint density at radius 1 is 1.23 bits per heavy atom. The summed E-state index contributed by atoms with van der Waals surface area (Å²) >= 11 is 3.33. The number of hydrogen-bond donors (Lipinski definition) is 4. The molecule has 35 heavy (non-hydrogen) atoms. The first kappa shape index (κ1) is 23.5. The van der Waals surface area contributed by atoms with Crippen LogP contribution in [0.4, 0.5) is 0 Å². The zero-order valence-electron chi connectivity index (χ0n) is 19.0. The molecule has 9 heteroatoms. The van der Waals surface area contributed by atoms with Crippen molar-refractivity contribution in [1.29, 1.82) is 0 Å². The number of rotatable bonds is 9. The van der Waals surface area contributed by atoms with E-state index in [0.29, 0.717) is 25.9 Å². The fraction of sp³-hybridized carbons (Fsp3) is 0.269. The predicted molar refractivity (Wildman–Crippen MR) is 139 cm³/mol. The molecule has 2 aromatic heterocycles. The van der Waals surface area contributed by atoms with Crippen molar-refractivity contribution in [3.63, 3.8) is 0 Å². The number of hydrogen-bond acceptors (Lipinski definition) is 6. The fourth-order valence-electron chi connectivity index (χ4n) is 4.38. The SMILES string of the molecule is O=C(NCC1CC(Br)=NO1)C(Cc1c(CO)[nH]c2ccccc12)NCc1cnc2ccccc2c1. The molecule has 0 fully saturated rings. The number of aliphatic hydroxyl groups is 1. The average Bonchev–Trinajstić information content (AvgIpc) is 3.47. The first-order valence-electron chi connectivity index (χ1n) is 11.5. The highest BCUT2D eigenvalue weighted by atomic mass is 79.9. The first-order chi connectivity index (χ1) is 17.1. The topological polar surface area (TPSA) is 112 Å². The van der Waals surface area contributed by atoms with E-state index in [1.54, 1.807) is 0 Å². The summed E-state index contributed by atoms with van der Waals surface area (Å²) in [6.45, 7) is 0.698. The van der Waals surface area contributed by atoms with E-state index < -0.39 is 6.04 Å². The lowest BCUT2D eigenvalue weighted by Crippen LogP contribution is -2.47. The molecule has 5 rings (SSSR count). The van der Waals surface area contributed by atoms with Gasteiger partial charge in [-0.2, -0.15) is 0 Å². The second-order valence-corrected chi connectivity index (χ2v) is 9.52. The van der Waals surface area contributed by atoms with Crippen LogP contribution in [-0.4, -0.2) is 44.3 Å². The van der Waals surface area contributed by atoms with Crippen LogP contribution in [0.5, 0.6) is 0 Å². The van der Waals surface area contributed by atoms with E-state index in [4.69, 9.17) is 4.84 Å². The standard InChI is InChI=1S/C26H26BrN5O3/c27-25-10-18(35-32-25)14-30-26(34)23(11-20-19-6-2-4-8-22(19)31-24(20)15-33)29-13-16-9-17-5-1-3-7-21(17)28-12-16/h1-9,12,18,23,29,31,33H,10-11,13-15H2,(H,30,34). The fourth-order valence-corrected chi connectivity index (χ4v) is 4.83. The lowest BCUT2D eigenvalue weighted by molar-refractivity contribution is -0.123. The number of aromatic nitrogens is 2. The molecule has 0 spiro atoms. The van der Waals surface area contributed by atoms with Gasteiger partial charge < -0.3 is 25.6 Å². The lowest BCUT2D eigenvalue weighted by atomic mass is 10.0. The van der Waals surface area contributed by atoms with Gasteiger partial charge in [0, 0.05) is 41.1 Å². The van der Waals surface area contributed by atoms with Crippen molar-refractivity contribution in [1.82, 2.24) is 20.6 Å². The van der Waals surface area contributed by atoms with Crippen LogP contribution in [0, 0.1) is 0 Å². The molecular formula is C26H26BrN5O3. The third-order valence-electron chi connectivity index (χ3n) is 6.19. The molecule has 1 aliphatic rings. The molecule has 1 amide bonds. The Hall–Kier alpha value is -3.27. The summed E-state index contributed by atoms with van der Waals surface area (Å²) in [5.41, 5.74) is 4.50. The number of aliphatic hydroxyl groups excluding tert-OH is 1. The lowest BCUT2D eigenvalue weighted by Gasteiger charge is -2.20. The zero-order valence-corrected chi connectivity index (χ0v) is 20.6. The van der Waals surface area contributed by atoms with Crippen LogP contribution in [0.25, 0.3) is 21.8 Å². The van der Waals surface area contributed by atoms with Crippen LogP contribution in [0.2, 0.25) is 0 Å². The molecule has 2 aromatic carbocycles. The molecule has 2 atom stereocenters. The summed E-state index contributed by atoms with van der Waals surface area (Å²) < 4.78 is 0.738. The summed E-state index contributed by atoms with van der Waals surface area (Å²) in [6.07, 6.45) is 2.67. The summed E-state index contributed by atoms with van der Waals surface area (Å²) in [4.78, 5) is 26.4. The van der Waals surface area contributed by atoms with Gasteiger partial charge in [0.1, 0.15) is 4.62 Å². The number of fused-ring (bicyclic) bond motifs is 2. The van der Waals surface area contributed by atoms with Crippen molar-refractivity contribution in [3.8, 4) is 0 Å². The van der Waals surface area contributed by atoms with Gasteiger partial charge in [0.2, 0.25) is 5.91 Å². The minimum absolute atomic E-state index is 0.131. The number of carbonyl (C=O) groups is 1. The van der Waals surface area contributed by atoms with Gasteiger partial charge in [0.05, 0.1) is 24.7 Å². The largest absolute Gasteiger partial charge is 0.390 e. The van der Waals surface area contributed by atoms with Crippen LogP contribution in [-0.2, 0) is 29.2 Å². The second kappa shape index (κ2) is 10.6. The van der Waals surface area contributed by atoms with E-state index in [1.165, 1.54) is 0 Å². The number of amides is 1. The Balaban J connectivity index is 1.35. The first-order valence-corrected chi connectivity index (χ1v) is 12.3. The number of halogens is 1. The maximum Gasteiger partial charge on any atom is 0.237 e. The summed E-state index contributed by atoms with van der Waals surface area (Å²) in [5.74, 6) is -0.139. The van der Waals surface area contributed by atoms with Crippen LogP contribution >= 0.6 is 15.9 Å². The number of carbonyl (C=O) groups excluding carboxylic acids is 1. The highest BCUT2D eigenvalue weighted by Gasteiger charge is 2.25. The molecule has 180 valence electrons. The normalized spacial score (nSPS) is 16.3. The Morgan fingerprint density at radius 2 is 2.06 bits per heavy atom. The second-order valence-electron chi connectivity index (χ2n) is 8.60. The number of para-hydroxylation sites is 2. The average molecular weight is 536 g/mol. The van der Waals surface area contributed by atoms with Crippen molar-refractivity contribution in [2.45, 2.75) is 38.1 Å². The van der Waals surface area contributed by atoms with Gasteiger partial charge >= 0.3 is 0 Å². The number of aromatic amines is 1. The quantitative estimate of drug-likeness (QED) is 0.262. The van der Waals surface area contributed by atoms with E-state index in [9.17, 15) is 9.90 Å². The summed E-state index contributed by atoms with van der Waals surface area (Å²) in [7, 11) is 0. The van der Waals surface area contributed by atoms with Crippen molar-refractivity contribution >= 4 is 48.3 Å². The maximum absolute atomic E-state index is 13.3. The molecule has 4 aromatic rings. The van der Waals surface area contributed by atoms with Gasteiger partial charge in [-0.25, -0.2) is 0 Å². The number of nitrogens with one attached hydrogen (secondary N) is 3. The Bertz CT molecular complexity index is 1390. The zero-order chi connectivity index (χ0) is 24.2. The number of benzene rings is 2. The molecule has 0 radical (unpaired) electrons. The number of pyridine rings is 1. The molecule has 0 bridgehead atoms. The molecular weight excluding hydrogens is 510 g/mol. The molecule has 0 saturated heterocycles. The van der Waals surface area contributed by atoms with Crippen molar-refractivity contribution in [3.05, 3.63) is 77.6 Å². The molecule has 1 aliphatic heterocycles. The van der Waals surface area contributed by atoms with Gasteiger partial charge in [-0.05, 0) is 51.7 Å². The third-order valence-corrected chi connectivity index (χ3v) is 6.65. The molecule has 8 nitrogen and oxygen atoms in total. The van der Waals surface area contributed by atoms with Crippen molar-refractivity contribution in [2.75, 3.05) is 6.54 Å². The Morgan fingerprint density at radius 3 is 2.89 bits per heavy atom. The molecule has 4 N–H and O–H groups in total. The molecule has 0 saturated carbocycles. The van der Waals surface area contributed by atoms with E-state index in [-0.39, 0.29) is 18.6 Å². The predicted octanol–water partition coefficient (Wildman–Crippen LogP) is 3.52. The number of oxime groups is 1. The van der Waals surface area contributed by atoms with Crippen LogP contribution < -0.4 is 10.6 Å². The highest BCUT2D eigenvalue weighted by Crippen LogP contribution is 2.24. The Labute approximate surface area is 210 Å². The van der Waals surface area contributed by atoms with Gasteiger partial charge in [-0.15, -0.1) is 0 Å². The summed E-state index contributed by atoms with van der Waals surface area (Å²) in [6, 6.07) is 17.4. The monoisotopic (exact) mass is 535 g/mol. The van der Waals surface area contributed by atoms with Crippen LogP contribution in [0.3, 0.4) is 0 Å². The molecule has 0 aliphatic carbocycles. The van der Waals surface area contributed by atoms with Gasteiger partial charge in [-0.3, -0.25) is 9.78 Å². The van der Waals surface area contributed by atoms with Gasteiger partial charge in [0.15, 0.2) is 6.10 Å². The van der Waals surface area contributed by atoms with Gasteiger partial charge in [0.25, 0.3) is 0 Å².